The quantitative estimate of drug-likeness (QED) is 0.625. The van der Waals surface area contributed by atoms with E-state index in [0.29, 0.717) is 11.3 Å². The van der Waals surface area contributed by atoms with Crippen molar-refractivity contribution in [1.82, 2.24) is 0 Å². The number of nitrogens with one attached hydrogen (secondary N) is 1. The summed E-state index contributed by atoms with van der Waals surface area (Å²) in [7, 11) is 0. The van der Waals surface area contributed by atoms with E-state index < -0.39 is 4.92 Å². The summed E-state index contributed by atoms with van der Waals surface area (Å²) in [5, 5.41) is 13.7. The smallest absolute Gasteiger partial charge is 0.272 e. The molecule has 0 saturated carbocycles. The van der Waals surface area contributed by atoms with Crippen LogP contribution in [0.4, 0.5) is 11.4 Å². The number of nitro benzene ring substituents is 1. The number of para-hydroxylation sites is 1. The Bertz CT molecular complexity index is 800. The molecule has 0 aliphatic rings. The molecule has 0 aliphatic carbocycles. The van der Waals surface area contributed by atoms with E-state index in [2.05, 4.69) is 19.2 Å². The van der Waals surface area contributed by atoms with Crippen molar-refractivity contribution in [2.75, 3.05) is 11.9 Å². The molecule has 25 heavy (non-hydrogen) atoms. The van der Waals surface area contributed by atoms with Gasteiger partial charge in [-0.3, -0.25) is 14.9 Å². The zero-order chi connectivity index (χ0) is 18.6. The molecule has 2 aromatic rings. The van der Waals surface area contributed by atoms with E-state index in [0.717, 1.165) is 16.8 Å². The Morgan fingerprint density at radius 2 is 1.92 bits per heavy atom. The van der Waals surface area contributed by atoms with Crippen LogP contribution in [-0.2, 0) is 4.79 Å². The average molecular weight is 342 g/mol. The summed E-state index contributed by atoms with van der Waals surface area (Å²) >= 11 is 0. The van der Waals surface area contributed by atoms with Crippen molar-refractivity contribution in [2.24, 2.45) is 0 Å². The van der Waals surface area contributed by atoms with Crippen molar-refractivity contribution in [1.29, 1.82) is 0 Å². The molecule has 0 bridgehead atoms. The monoisotopic (exact) mass is 342 g/mol. The van der Waals surface area contributed by atoms with E-state index in [9.17, 15) is 14.9 Å². The van der Waals surface area contributed by atoms with Gasteiger partial charge in [-0.2, -0.15) is 0 Å². The molecule has 1 amide bonds. The van der Waals surface area contributed by atoms with Gasteiger partial charge in [0.1, 0.15) is 5.75 Å². The summed E-state index contributed by atoms with van der Waals surface area (Å²) in [5.41, 5.74) is 3.39. The van der Waals surface area contributed by atoms with Gasteiger partial charge in [-0.15, -0.1) is 0 Å². The van der Waals surface area contributed by atoms with Crippen LogP contribution in [0.5, 0.6) is 5.75 Å². The lowest BCUT2D eigenvalue weighted by atomic mass is 9.98. The van der Waals surface area contributed by atoms with Crippen molar-refractivity contribution < 1.29 is 14.5 Å². The third-order valence-electron chi connectivity index (χ3n) is 3.93. The van der Waals surface area contributed by atoms with Gasteiger partial charge in [-0.25, -0.2) is 0 Å². The first-order valence-electron chi connectivity index (χ1n) is 8.06. The molecule has 0 atom stereocenters. The van der Waals surface area contributed by atoms with Crippen LogP contribution in [0.2, 0.25) is 0 Å². The van der Waals surface area contributed by atoms with Crippen LogP contribution in [0.3, 0.4) is 0 Å². The molecule has 6 heteroatoms. The van der Waals surface area contributed by atoms with Crippen LogP contribution in [0.25, 0.3) is 0 Å². The van der Waals surface area contributed by atoms with Crippen molar-refractivity contribution >= 4 is 17.3 Å². The largest absolute Gasteiger partial charge is 0.484 e. The minimum absolute atomic E-state index is 0.0262. The van der Waals surface area contributed by atoms with Crippen LogP contribution in [0.1, 0.15) is 36.5 Å². The highest BCUT2D eigenvalue weighted by atomic mass is 16.6. The van der Waals surface area contributed by atoms with Gasteiger partial charge in [0, 0.05) is 17.3 Å². The van der Waals surface area contributed by atoms with Crippen LogP contribution in [0, 0.1) is 24.0 Å². The molecule has 6 nitrogen and oxygen atoms in total. The molecule has 0 aromatic heterocycles. The van der Waals surface area contributed by atoms with Gasteiger partial charge < -0.3 is 10.1 Å². The van der Waals surface area contributed by atoms with Crippen LogP contribution < -0.4 is 10.1 Å². The standard InChI is InChI=1S/C19H22N2O4/c1-12(2)16-7-5-6-13(3)19(16)20-18(22)11-25-15-8-9-17(21(23)24)14(4)10-15/h5-10,12H,11H2,1-4H3,(H,20,22). The Hall–Kier alpha value is -2.89. The molecular formula is C19H22N2O4. The number of amides is 1. The maximum Gasteiger partial charge on any atom is 0.272 e. The number of carbonyl (C=O) groups is 1. The summed E-state index contributed by atoms with van der Waals surface area (Å²) in [4.78, 5) is 22.6. The summed E-state index contributed by atoms with van der Waals surface area (Å²) in [6.45, 7) is 7.56. The summed E-state index contributed by atoms with van der Waals surface area (Å²) in [5.74, 6) is 0.438. The van der Waals surface area contributed by atoms with E-state index in [1.54, 1.807) is 13.0 Å². The zero-order valence-electron chi connectivity index (χ0n) is 14.8. The first-order valence-corrected chi connectivity index (χ1v) is 8.06. The third kappa shape index (κ3) is 4.56. The van der Waals surface area contributed by atoms with Crippen molar-refractivity contribution in [3.63, 3.8) is 0 Å². The Labute approximate surface area is 147 Å². The number of hydrogen-bond acceptors (Lipinski definition) is 4. The fourth-order valence-corrected chi connectivity index (χ4v) is 2.59. The van der Waals surface area contributed by atoms with Gasteiger partial charge in [0.25, 0.3) is 11.6 Å². The maximum atomic E-state index is 12.2. The molecule has 1 N–H and O–H groups in total. The molecule has 0 fully saturated rings. The highest BCUT2D eigenvalue weighted by Gasteiger charge is 2.14. The zero-order valence-corrected chi connectivity index (χ0v) is 14.8. The van der Waals surface area contributed by atoms with Gasteiger partial charge in [-0.05, 0) is 43.0 Å². The topological polar surface area (TPSA) is 81.5 Å². The molecule has 0 heterocycles. The molecule has 2 aromatic carbocycles. The number of hydrogen-bond donors (Lipinski definition) is 1. The maximum absolute atomic E-state index is 12.2. The fourth-order valence-electron chi connectivity index (χ4n) is 2.59. The van der Waals surface area contributed by atoms with Crippen LogP contribution in [-0.4, -0.2) is 17.4 Å². The second-order valence-corrected chi connectivity index (χ2v) is 6.24. The number of rotatable bonds is 6. The van der Waals surface area contributed by atoms with Gasteiger partial charge in [-0.1, -0.05) is 32.0 Å². The fraction of sp³-hybridized carbons (Fsp3) is 0.316. The number of nitro groups is 1. The number of ether oxygens (including phenoxy) is 1. The molecule has 132 valence electrons. The summed E-state index contributed by atoms with van der Waals surface area (Å²) < 4.78 is 5.46. The van der Waals surface area contributed by atoms with Gasteiger partial charge >= 0.3 is 0 Å². The Morgan fingerprint density at radius 3 is 2.52 bits per heavy atom. The number of benzene rings is 2. The average Bonchev–Trinajstić information content (AvgIpc) is 2.54. The van der Waals surface area contributed by atoms with Crippen molar-refractivity contribution in [3.8, 4) is 5.75 Å². The predicted molar refractivity (Wildman–Crippen MR) is 97.2 cm³/mol. The number of nitrogens with zero attached hydrogens (tertiary/aromatic N) is 1. The normalized spacial score (nSPS) is 10.6. The Kier molecular flexibility index (Phi) is 5.75. The molecule has 0 aliphatic heterocycles. The number of anilines is 1. The first kappa shape index (κ1) is 18.4. The van der Waals surface area contributed by atoms with E-state index in [1.807, 2.05) is 25.1 Å². The number of carbonyl (C=O) groups excluding carboxylic acids is 1. The highest BCUT2D eigenvalue weighted by molar-refractivity contribution is 5.93. The summed E-state index contributed by atoms with van der Waals surface area (Å²) in [6, 6.07) is 10.3. The minimum atomic E-state index is -0.447. The molecule has 2 rings (SSSR count). The van der Waals surface area contributed by atoms with Crippen LogP contribution >= 0.6 is 0 Å². The Morgan fingerprint density at radius 1 is 1.20 bits per heavy atom. The molecule has 0 saturated heterocycles. The molecule has 0 unspecified atom stereocenters. The first-order chi connectivity index (χ1) is 11.8. The van der Waals surface area contributed by atoms with Crippen LogP contribution in [0.15, 0.2) is 36.4 Å². The lowest BCUT2D eigenvalue weighted by molar-refractivity contribution is -0.385. The highest BCUT2D eigenvalue weighted by Crippen LogP contribution is 2.27. The summed E-state index contributed by atoms with van der Waals surface area (Å²) in [6.07, 6.45) is 0. The van der Waals surface area contributed by atoms with E-state index in [4.69, 9.17) is 4.74 Å². The molecular weight excluding hydrogens is 320 g/mol. The van der Waals surface area contributed by atoms with E-state index in [-0.39, 0.29) is 24.1 Å². The third-order valence-corrected chi connectivity index (χ3v) is 3.93. The van der Waals surface area contributed by atoms with Gasteiger partial charge in [0.15, 0.2) is 6.61 Å². The lowest BCUT2D eigenvalue weighted by Crippen LogP contribution is -2.21. The second kappa shape index (κ2) is 7.79. The second-order valence-electron chi connectivity index (χ2n) is 6.24. The SMILES string of the molecule is Cc1cc(OCC(=O)Nc2c(C)cccc2C(C)C)ccc1[N+](=O)[O-]. The predicted octanol–water partition coefficient (Wildman–Crippen LogP) is 4.35. The van der Waals surface area contributed by atoms with Gasteiger partial charge in [0.2, 0.25) is 0 Å². The van der Waals surface area contributed by atoms with E-state index in [1.165, 1.54) is 12.1 Å². The van der Waals surface area contributed by atoms with Gasteiger partial charge in [0.05, 0.1) is 4.92 Å². The van der Waals surface area contributed by atoms with E-state index >= 15 is 0 Å². The minimum Gasteiger partial charge on any atom is -0.484 e. The molecule has 0 radical (unpaired) electrons. The lowest BCUT2D eigenvalue weighted by Gasteiger charge is -2.16. The molecule has 0 spiro atoms. The van der Waals surface area contributed by atoms with Crippen molar-refractivity contribution in [3.05, 3.63) is 63.2 Å². The number of aryl methyl sites for hydroxylation is 2. The van der Waals surface area contributed by atoms with Crippen molar-refractivity contribution in [2.45, 2.75) is 33.6 Å². The Balaban J connectivity index is 2.05.